The molecular weight excluding hydrogens is 851 g/mol. The third-order valence-corrected chi connectivity index (χ3v) is 14.5. The summed E-state index contributed by atoms with van der Waals surface area (Å²) in [7, 11) is 4.52. The lowest BCUT2D eigenvalue weighted by molar-refractivity contribution is -0.265. The molecule has 66 heavy (non-hydrogen) atoms. The molecule has 0 spiro atoms. The number of hydrogen-bond donors (Lipinski definition) is 3. The van der Waals surface area contributed by atoms with Gasteiger partial charge in [-0.1, -0.05) is 71.1 Å². The summed E-state index contributed by atoms with van der Waals surface area (Å²) in [5.74, 6) is -7.96. The molecule has 15 nitrogen and oxygen atoms in total. The minimum Gasteiger partial charge on any atom is -0.460 e. The van der Waals surface area contributed by atoms with Gasteiger partial charge in [0, 0.05) is 58.5 Å². The normalized spacial score (nSPS) is 39.8. The number of aliphatic hydroxyl groups excluding tert-OH is 2. The van der Waals surface area contributed by atoms with Crippen molar-refractivity contribution in [3.8, 4) is 0 Å². The quantitative estimate of drug-likeness (QED) is 0.174. The molecule has 2 unspecified atom stereocenters. The Morgan fingerprint density at radius 3 is 2.23 bits per heavy atom. The number of piperidine rings is 1. The van der Waals surface area contributed by atoms with Gasteiger partial charge >= 0.3 is 5.97 Å². The van der Waals surface area contributed by atoms with Crippen molar-refractivity contribution in [3.63, 3.8) is 0 Å². The zero-order valence-electron chi connectivity index (χ0n) is 41.1. The molecule has 0 aromatic rings. The van der Waals surface area contributed by atoms with Crippen LogP contribution in [0.1, 0.15) is 126 Å². The molecule has 0 aromatic carbocycles. The Morgan fingerprint density at radius 2 is 1.56 bits per heavy atom. The van der Waals surface area contributed by atoms with Crippen LogP contribution in [0, 0.1) is 35.5 Å². The summed E-state index contributed by atoms with van der Waals surface area (Å²) in [5.41, 5.74) is 1.27. The fraction of sp³-hybridized carbons (Fsp3) is 0.745. The second kappa shape index (κ2) is 26.4. The average Bonchev–Trinajstić information content (AvgIpc) is 3.28. The standard InChI is InChI=1S/C51H79NO13.H2O/c1-30-16-12-11-13-17-31(2)42(61-8)28-38-21-19-36(7)51(60,65-38)48(57)49(58)52-23-15-14-18-39(52)50(59)64-43(33(4)26-37-20-22-40(53)44(27-37)62-9)29-41(54)32(3)25-35(6)46(56)47(63-10)45(55)34(5)24-30;/h11-13,16-17,25,30,32-34,36-40,42-44,46-47,53,56,60H,14-15,18-24,26-29H2,1-10H3;1H2/b13-11+,16-12+,31-17+,35-25+;/t30-,32-,33-,34-,36-,37?,38+,39+,40-,42+,43?,44-,46-,47+,51-;/m1./s1. The van der Waals surface area contributed by atoms with Crippen LogP contribution >= 0.6 is 0 Å². The molecule has 3 heterocycles. The molecule has 15 atom stereocenters. The molecule has 1 amide bonds. The van der Waals surface area contributed by atoms with Gasteiger partial charge < -0.3 is 49.4 Å². The van der Waals surface area contributed by atoms with E-state index in [2.05, 4.69) is 0 Å². The number of Topliss-reactive ketones (excluding diaryl/α,β-unsaturated/α-hetero) is 3. The van der Waals surface area contributed by atoms with Gasteiger partial charge in [0.15, 0.2) is 5.78 Å². The summed E-state index contributed by atoms with van der Waals surface area (Å²) in [6.07, 6.45) is 11.2. The molecule has 3 fully saturated rings. The van der Waals surface area contributed by atoms with E-state index >= 15 is 0 Å². The topological polar surface area (TPSA) is 227 Å². The lowest BCUT2D eigenvalue weighted by Gasteiger charge is -2.42. The summed E-state index contributed by atoms with van der Waals surface area (Å²) in [6, 6.07) is -1.14. The van der Waals surface area contributed by atoms with E-state index in [1.807, 2.05) is 58.1 Å². The van der Waals surface area contributed by atoms with Gasteiger partial charge in [-0.15, -0.1) is 0 Å². The van der Waals surface area contributed by atoms with E-state index in [1.165, 1.54) is 12.0 Å². The number of hydrogen-bond acceptors (Lipinski definition) is 13. The van der Waals surface area contributed by atoms with Crippen molar-refractivity contribution >= 4 is 29.2 Å². The van der Waals surface area contributed by atoms with Crippen LogP contribution < -0.4 is 0 Å². The third-order valence-electron chi connectivity index (χ3n) is 14.5. The van der Waals surface area contributed by atoms with E-state index in [0.29, 0.717) is 63.4 Å². The van der Waals surface area contributed by atoms with Crippen LogP contribution in [0.4, 0.5) is 0 Å². The maximum Gasteiger partial charge on any atom is 0.329 e. The first-order valence-electron chi connectivity index (χ1n) is 23.9. The highest BCUT2D eigenvalue weighted by Gasteiger charge is 2.53. The largest absolute Gasteiger partial charge is 0.460 e. The summed E-state index contributed by atoms with van der Waals surface area (Å²) in [5, 5.41) is 33.8. The van der Waals surface area contributed by atoms with E-state index in [4.69, 9.17) is 23.7 Å². The number of fused-ring (bicyclic) bond motifs is 3. The van der Waals surface area contributed by atoms with Gasteiger partial charge in [-0.25, -0.2) is 4.79 Å². The number of rotatable bonds is 6. The van der Waals surface area contributed by atoms with Crippen LogP contribution in [0.25, 0.3) is 0 Å². The number of amides is 1. The highest BCUT2D eigenvalue weighted by molar-refractivity contribution is 6.39. The molecular formula is C51H81NO14. The summed E-state index contributed by atoms with van der Waals surface area (Å²) in [6.45, 7) is 12.7. The first-order chi connectivity index (χ1) is 30.7. The number of esters is 1. The number of allylic oxidation sites excluding steroid dienone is 6. The van der Waals surface area contributed by atoms with Gasteiger partial charge in [-0.05, 0) is 107 Å². The SMILES string of the molecule is CO[C@H]1C[C@@H]2CC[C@@H](C)[C@@](O)(O2)C(=O)C(=O)N2CCCC[C@H]2C(=O)OC([C@H](C)CC2CC[C@@H](O)[C@H](OC)C2)CC(=O)[C@H](C)/C=C(\C)[C@@H](O)[C@@H](OC)C(=O)[C@H](C)C[C@H](C)/C=C/C=C/C=C/1C.O. The van der Waals surface area contributed by atoms with Gasteiger partial charge in [-0.3, -0.25) is 19.2 Å². The Morgan fingerprint density at radius 1 is 0.848 bits per heavy atom. The fourth-order valence-electron chi connectivity index (χ4n) is 10.1. The number of aliphatic hydroxyl groups is 3. The maximum absolute atomic E-state index is 14.4. The molecule has 3 aliphatic heterocycles. The molecule has 374 valence electrons. The molecule has 5 N–H and O–H groups in total. The van der Waals surface area contributed by atoms with Crippen molar-refractivity contribution in [1.29, 1.82) is 0 Å². The van der Waals surface area contributed by atoms with Gasteiger partial charge in [0.1, 0.15) is 30.1 Å². The van der Waals surface area contributed by atoms with Gasteiger partial charge in [0.2, 0.25) is 5.79 Å². The molecule has 0 radical (unpaired) electrons. The van der Waals surface area contributed by atoms with Crippen LogP contribution in [0.3, 0.4) is 0 Å². The van der Waals surface area contributed by atoms with Crippen molar-refractivity contribution in [2.75, 3.05) is 27.9 Å². The smallest absolute Gasteiger partial charge is 0.329 e. The summed E-state index contributed by atoms with van der Waals surface area (Å²) >= 11 is 0. The Hall–Kier alpha value is -3.41. The van der Waals surface area contributed by atoms with E-state index in [0.717, 1.165) is 12.0 Å². The molecule has 1 aliphatic carbocycles. The first-order valence-corrected chi connectivity index (χ1v) is 23.9. The van der Waals surface area contributed by atoms with E-state index < -0.39 is 83.9 Å². The van der Waals surface area contributed by atoms with Crippen molar-refractivity contribution in [3.05, 3.63) is 47.6 Å². The predicted molar refractivity (Wildman–Crippen MR) is 249 cm³/mol. The Labute approximate surface area is 392 Å². The number of nitrogens with zero attached hydrogens (tertiary/aromatic N) is 1. The number of cyclic esters (lactones) is 1. The number of ketones is 3. The number of carbonyl (C=O) groups is 5. The summed E-state index contributed by atoms with van der Waals surface area (Å²) in [4.78, 5) is 71.8. The second-order valence-corrected chi connectivity index (χ2v) is 19.6. The first kappa shape index (κ1) is 56.9. The molecule has 4 aliphatic rings. The second-order valence-electron chi connectivity index (χ2n) is 19.6. The van der Waals surface area contributed by atoms with E-state index in [1.54, 1.807) is 41.1 Å². The zero-order valence-corrected chi connectivity index (χ0v) is 41.1. The Kier molecular flexibility index (Phi) is 22.7. The van der Waals surface area contributed by atoms with Crippen LogP contribution in [0.15, 0.2) is 47.6 Å². The van der Waals surface area contributed by atoms with Crippen molar-refractivity contribution < 1.29 is 68.5 Å². The van der Waals surface area contributed by atoms with Gasteiger partial charge in [0.05, 0.1) is 24.4 Å². The van der Waals surface area contributed by atoms with Crippen LogP contribution in [-0.4, -0.2) is 137 Å². The minimum absolute atomic E-state index is 0. The Bertz CT molecular complexity index is 1760. The number of ether oxygens (including phenoxy) is 5. The van der Waals surface area contributed by atoms with Crippen molar-refractivity contribution in [1.82, 2.24) is 4.90 Å². The highest BCUT2D eigenvalue weighted by Crippen LogP contribution is 2.38. The number of carbonyl (C=O) groups excluding carboxylic acids is 5. The molecule has 1 saturated carbocycles. The highest BCUT2D eigenvalue weighted by atomic mass is 16.6. The number of methoxy groups -OCH3 is 3. The molecule has 4 rings (SSSR count). The monoisotopic (exact) mass is 932 g/mol. The average molecular weight is 932 g/mol. The lowest BCUT2D eigenvalue weighted by atomic mass is 9.78. The molecule has 2 bridgehead atoms. The zero-order chi connectivity index (χ0) is 48.2. The third kappa shape index (κ3) is 14.8. The maximum atomic E-state index is 14.4. The van der Waals surface area contributed by atoms with Crippen LogP contribution in [0.5, 0.6) is 0 Å². The van der Waals surface area contributed by atoms with Gasteiger partial charge in [0.25, 0.3) is 11.7 Å². The molecule has 2 saturated heterocycles. The minimum atomic E-state index is -2.43. The van der Waals surface area contributed by atoms with Gasteiger partial charge in [-0.2, -0.15) is 0 Å². The summed E-state index contributed by atoms with van der Waals surface area (Å²) < 4.78 is 29.4. The lowest BCUT2D eigenvalue weighted by Crippen LogP contribution is -2.61. The van der Waals surface area contributed by atoms with Crippen molar-refractivity contribution in [2.45, 2.75) is 180 Å². The fourth-order valence-corrected chi connectivity index (χ4v) is 10.1. The predicted octanol–water partition coefficient (Wildman–Crippen LogP) is 5.36. The van der Waals surface area contributed by atoms with E-state index in [-0.39, 0.29) is 60.3 Å². The molecule has 0 aromatic heterocycles. The van der Waals surface area contributed by atoms with Crippen LogP contribution in [0.2, 0.25) is 0 Å². The molecule has 15 heteroatoms. The van der Waals surface area contributed by atoms with Crippen molar-refractivity contribution in [2.24, 2.45) is 35.5 Å². The van der Waals surface area contributed by atoms with E-state index in [9.17, 15) is 39.3 Å². The van der Waals surface area contributed by atoms with Crippen LogP contribution in [-0.2, 0) is 47.7 Å². The Balaban J connectivity index is 0.0000116.